The van der Waals surface area contributed by atoms with Gasteiger partial charge in [0.1, 0.15) is 5.69 Å². The molecule has 0 bridgehead atoms. The molecule has 3 nitrogen and oxygen atoms in total. The number of nitrogens with zero attached hydrogens (tertiary/aromatic N) is 2. The van der Waals surface area contributed by atoms with Crippen LogP contribution in [0.5, 0.6) is 0 Å². The fraction of sp³-hybridized carbons (Fsp3) is 0.636. The number of anilines is 1. The van der Waals surface area contributed by atoms with E-state index in [1.165, 1.54) is 0 Å². The Morgan fingerprint density at radius 2 is 2.06 bits per heavy atom. The highest BCUT2D eigenvalue weighted by molar-refractivity contribution is 5.32. The van der Waals surface area contributed by atoms with E-state index in [4.69, 9.17) is 0 Å². The third kappa shape index (κ3) is 3.08. The van der Waals surface area contributed by atoms with E-state index in [0.29, 0.717) is 12.2 Å². The molecule has 1 aromatic heterocycles. The zero-order valence-electron chi connectivity index (χ0n) is 9.51. The third-order valence-electron chi connectivity index (χ3n) is 2.57. The quantitative estimate of drug-likeness (QED) is 0.885. The Kier molecular flexibility index (Phi) is 3.22. The molecule has 1 aliphatic carbocycles. The van der Waals surface area contributed by atoms with Gasteiger partial charge in [-0.05, 0) is 25.3 Å². The van der Waals surface area contributed by atoms with E-state index < -0.39 is 11.9 Å². The molecule has 0 amide bonds. The van der Waals surface area contributed by atoms with Gasteiger partial charge in [-0.2, -0.15) is 13.2 Å². The average Bonchev–Trinajstić information content (AvgIpc) is 3.08. The SMILES string of the molecule is CCCNc1nc(C2CC2)cc(C(F)(F)F)n1. The molecule has 1 saturated carbocycles. The summed E-state index contributed by atoms with van der Waals surface area (Å²) in [4.78, 5) is 7.63. The van der Waals surface area contributed by atoms with Crippen LogP contribution < -0.4 is 5.32 Å². The lowest BCUT2D eigenvalue weighted by Gasteiger charge is -2.10. The van der Waals surface area contributed by atoms with E-state index in [-0.39, 0.29) is 11.9 Å². The van der Waals surface area contributed by atoms with Gasteiger partial charge in [-0.1, -0.05) is 6.92 Å². The Hall–Kier alpha value is -1.33. The van der Waals surface area contributed by atoms with Crippen LogP contribution in [0, 0.1) is 0 Å². The lowest BCUT2D eigenvalue weighted by atomic mass is 10.2. The number of rotatable bonds is 4. The zero-order valence-corrected chi connectivity index (χ0v) is 9.51. The normalized spacial score (nSPS) is 16.0. The van der Waals surface area contributed by atoms with Gasteiger partial charge in [-0.25, -0.2) is 9.97 Å². The molecule has 1 aromatic rings. The Balaban J connectivity index is 2.28. The maximum atomic E-state index is 12.6. The second-order valence-electron chi connectivity index (χ2n) is 4.20. The van der Waals surface area contributed by atoms with Crippen molar-refractivity contribution in [2.45, 2.75) is 38.3 Å². The van der Waals surface area contributed by atoms with Crippen LogP contribution in [0.1, 0.15) is 43.5 Å². The van der Waals surface area contributed by atoms with Gasteiger partial charge in [0.05, 0.1) is 0 Å². The van der Waals surface area contributed by atoms with Crippen molar-refractivity contribution in [3.05, 3.63) is 17.5 Å². The van der Waals surface area contributed by atoms with Gasteiger partial charge in [-0.3, -0.25) is 0 Å². The van der Waals surface area contributed by atoms with E-state index in [0.717, 1.165) is 25.3 Å². The monoisotopic (exact) mass is 245 g/mol. The molecule has 0 spiro atoms. The second kappa shape index (κ2) is 4.50. The molecule has 0 atom stereocenters. The number of hydrogen-bond acceptors (Lipinski definition) is 3. The molecule has 0 aromatic carbocycles. The largest absolute Gasteiger partial charge is 0.433 e. The molecule has 1 heterocycles. The van der Waals surface area contributed by atoms with Gasteiger partial charge in [0, 0.05) is 18.2 Å². The summed E-state index contributed by atoms with van der Waals surface area (Å²) in [6, 6.07) is 1.06. The number of halogens is 3. The summed E-state index contributed by atoms with van der Waals surface area (Å²) in [5.41, 5.74) is -0.348. The van der Waals surface area contributed by atoms with Crippen LogP contribution in [0.15, 0.2) is 6.07 Å². The van der Waals surface area contributed by atoms with Crippen molar-refractivity contribution in [3.8, 4) is 0 Å². The molecule has 0 unspecified atom stereocenters. The first-order chi connectivity index (χ1) is 8.00. The molecule has 94 valence electrons. The standard InChI is InChI=1S/C11H14F3N3/c1-2-5-15-10-16-8(7-3-4-7)6-9(17-10)11(12,13)14/h6-7H,2-5H2,1H3,(H,15,16,17). The van der Waals surface area contributed by atoms with Crippen molar-refractivity contribution in [2.24, 2.45) is 0 Å². The Bertz CT molecular complexity index is 399. The maximum Gasteiger partial charge on any atom is 0.433 e. The Morgan fingerprint density at radius 1 is 1.35 bits per heavy atom. The third-order valence-corrected chi connectivity index (χ3v) is 2.57. The summed E-state index contributed by atoms with van der Waals surface area (Å²) in [5.74, 6) is 0.268. The van der Waals surface area contributed by atoms with Crippen molar-refractivity contribution in [1.82, 2.24) is 9.97 Å². The van der Waals surface area contributed by atoms with E-state index in [9.17, 15) is 13.2 Å². The van der Waals surface area contributed by atoms with Gasteiger partial charge in [0.2, 0.25) is 5.95 Å². The summed E-state index contributed by atoms with van der Waals surface area (Å²) in [6.07, 6.45) is -1.75. The fourth-order valence-electron chi connectivity index (χ4n) is 1.52. The minimum atomic E-state index is -4.41. The number of aromatic nitrogens is 2. The highest BCUT2D eigenvalue weighted by Crippen LogP contribution is 2.40. The summed E-state index contributed by atoms with van der Waals surface area (Å²) >= 11 is 0. The number of alkyl halides is 3. The molecule has 1 aliphatic rings. The molecule has 0 saturated heterocycles. The minimum absolute atomic E-state index is 0.0866. The first-order valence-corrected chi connectivity index (χ1v) is 5.70. The molecule has 0 radical (unpaired) electrons. The molecular formula is C11H14F3N3. The molecule has 6 heteroatoms. The molecule has 1 fully saturated rings. The minimum Gasteiger partial charge on any atom is -0.354 e. The molecule has 2 rings (SSSR count). The van der Waals surface area contributed by atoms with E-state index in [1.807, 2.05) is 6.92 Å². The zero-order chi connectivity index (χ0) is 12.5. The predicted octanol–water partition coefficient (Wildman–Crippen LogP) is 3.19. The molecule has 17 heavy (non-hydrogen) atoms. The van der Waals surface area contributed by atoms with E-state index in [2.05, 4.69) is 15.3 Å². The molecule has 1 N–H and O–H groups in total. The van der Waals surface area contributed by atoms with Crippen molar-refractivity contribution < 1.29 is 13.2 Å². The van der Waals surface area contributed by atoms with Crippen LogP contribution in [-0.4, -0.2) is 16.5 Å². The summed E-state index contributed by atoms with van der Waals surface area (Å²) in [6.45, 7) is 2.51. The van der Waals surface area contributed by atoms with Gasteiger partial charge in [0.25, 0.3) is 0 Å². The van der Waals surface area contributed by atoms with Crippen LogP contribution >= 0.6 is 0 Å². The highest BCUT2D eigenvalue weighted by Gasteiger charge is 2.35. The lowest BCUT2D eigenvalue weighted by molar-refractivity contribution is -0.141. The predicted molar refractivity (Wildman–Crippen MR) is 57.8 cm³/mol. The first-order valence-electron chi connectivity index (χ1n) is 5.70. The Morgan fingerprint density at radius 3 is 2.59 bits per heavy atom. The van der Waals surface area contributed by atoms with Crippen molar-refractivity contribution in [3.63, 3.8) is 0 Å². The van der Waals surface area contributed by atoms with Crippen LogP contribution in [0.25, 0.3) is 0 Å². The van der Waals surface area contributed by atoms with Crippen LogP contribution in [0.4, 0.5) is 19.1 Å². The smallest absolute Gasteiger partial charge is 0.354 e. The van der Waals surface area contributed by atoms with Crippen molar-refractivity contribution in [1.29, 1.82) is 0 Å². The highest BCUT2D eigenvalue weighted by atomic mass is 19.4. The lowest BCUT2D eigenvalue weighted by Crippen LogP contribution is -2.13. The number of nitrogens with one attached hydrogen (secondary N) is 1. The first kappa shape index (κ1) is 12.1. The Labute approximate surface area is 97.5 Å². The van der Waals surface area contributed by atoms with Crippen molar-refractivity contribution >= 4 is 5.95 Å². The summed E-state index contributed by atoms with van der Waals surface area (Å²) in [7, 11) is 0. The van der Waals surface area contributed by atoms with Gasteiger partial charge in [0.15, 0.2) is 0 Å². The second-order valence-corrected chi connectivity index (χ2v) is 4.20. The molecule has 0 aliphatic heterocycles. The van der Waals surface area contributed by atoms with Crippen LogP contribution in [-0.2, 0) is 6.18 Å². The topological polar surface area (TPSA) is 37.8 Å². The summed E-state index contributed by atoms with van der Waals surface area (Å²) < 4.78 is 37.9. The van der Waals surface area contributed by atoms with Gasteiger partial charge in [-0.15, -0.1) is 0 Å². The van der Waals surface area contributed by atoms with Crippen molar-refractivity contribution in [2.75, 3.05) is 11.9 Å². The number of hydrogen-bond donors (Lipinski definition) is 1. The van der Waals surface area contributed by atoms with Crippen LogP contribution in [0.3, 0.4) is 0 Å². The van der Waals surface area contributed by atoms with Crippen LogP contribution in [0.2, 0.25) is 0 Å². The van der Waals surface area contributed by atoms with Gasteiger partial charge < -0.3 is 5.32 Å². The fourth-order valence-corrected chi connectivity index (χ4v) is 1.52. The molecular weight excluding hydrogens is 231 g/mol. The van der Waals surface area contributed by atoms with Gasteiger partial charge >= 0.3 is 6.18 Å². The maximum absolute atomic E-state index is 12.6. The van der Waals surface area contributed by atoms with E-state index >= 15 is 0 Å². The average molecular weight is 245 g/mol. The summed E-state index contributed by atoms with van der Waals surface area (Å²) in [5, 5.41) is 2.81. The van der Waals surface area contributed by atoms with E-state index in [1.54, 1.807) is 0 Å².